The lowest BCUT2D eigenvalue weighted by atomic mass is 10.2. The fourth-order valence-corrected chi connectivity index (χ4v) is 1.67. The van der Waals surface area contributed by atoms with Crippen molar-refractivity contribution in [1.82, 2.24) is 4.98 Å². The van der Waals surface area contributed by atoms with E-state index in [1.54, 1.807) is 0 Å². The molecule has 0 radical (unpaired) electrons. The van der Waals surface area contributed by atoms with Crippen molar-refractivity contribution in [2.45, 2.75) is 20.0 Å². The Bertz CT molecular complexity index is 479. The van der Waals surface area contributed by atoms with Crippen LogP contribution in [0.3, 0.4) is 0 Å². The van der Waals surface area contributed by atoms with Gasteiger partial charge in [0.25, 0.3) is 0 Å². The normalized spacial score (nSPS) is 11.3. The molecule has 0 atom stereocenters. The summed E-state index contributed by atoms with van der Waals surface area (Å²) in [6.45, 7) is 0.488. The summed E-state index contributed by atoms with van der Waals surface area (Å²) in [7, 11) is 0. The highest BCUT2D eigenvalue weighted by Gasteiger charge is 2.33. The molecule has 0 amide bonds. The fraction of sp³-hybridized carbons (Fsp3) is 0.400. The topological polar surface area (TPSA) is 48.4 Å². The Kier molecular flexibility index (Phi) is 5.32. The molecule has 1 aromatic heterocycles. The van der Waals surface area contributed by atoms with Crippen LogP contribution in [0.2, 0.25) is 0 Å². The molecule has 1 aromatic rings. The fourth-order valence-electron chi connectivity index (χ4n) is 1.14. The number of aromatic nitrogens is 1. The highest BCUT2D eigenvalue weighted by molar-refractivity contribution is 14.1. The first-order valence-electron chi connectivity index (χ1n) is 4.96. The average Bonchev–Trinajstić information content (AvgIpc) is 2.30. The number of nitrogens with zero attached hydrogens (tertiary/aromatic N) is 1. The number of alkyl halides is 4. The molecule has 0 aliphatic carbocycles. The maximum atomic E-state index is 12.7. The van der Waals surface area contributed by atoms with Crippen molar-refractivity contribution in [2.75, 3.05) is 6.61 Å². The largest absolute Gasteiger partial charge is 0.574 e. The second-order valence-corrected chi connectivity index (χ2v) is 4.27. The molecule has 0 saturated heterocycles. The van der Waals surface area contributed by atoms with Gasteiger partial charge in [-0.2, -0.15) is 0 Å². The van der Waals surface area contributed by atoms with Gasteiger partial charge in [-0.3, -0.25) is 0 Å². The van der Waals surface area contributed by atoms with Crippen molar-refractivity contribution in [3.63, 3.8) is 0 Å². The van der Waals surface area contributed by atoms with Crippen LogP contribution in [-0.2, 0) is 11.4 Å². The van der Waals surface area contributed by atoms with E-state index in [9.17, 15) is 22.4 Å². The molecule has 0 bridgehead atoms. The van der Waals surface area contributed by atoms with Crippen LogP contribution in [-0.4, -0.2) is 23.9 Å². The Morgan fingerprint density at radius 1 is 1.47 bits per heavy atom. The molecule has 106 valence electrons. The number of carbonyl (C=O) groups excluding carboxylic acids is 1. The summed E-state index contributed by atoms with van der Waals surface area (Å²) in [5.41, 5.74) is -0.563. The number of esters is 1. The third-order valence-corrected chi connectivity index (χ3v) is 3.00. The molecule has 0 aliphatic heterocycles. The lowest BCUT2D eigenvalue weighted by Crippen LogP contribution is -2.20. The summed E-state index contributed by atoms with van der Waals surface area (Å²) >= 11 is 1.46. The molecule has 0 saturated carbocycles. The molecule has 1 rings (SSSR count). The molecule has 0 aromatic carbocycles. The summed E-state index contributed by atoms with van der Waals surface area (Å²) in [6.07, 6.45) is -4.98. The van der Waals surface area contributed by atoms with Crippen LogP contribution >= 0.6 is 22.6 Å². The first kappa shape index (κ1) is 15.9. The zero-order valence-corrected chi connectivity index (χ0v) is 11.7. The Morgan fingerprint density at radius 3 is 2.58 bits per heavy atom. The van der Waals surface area contributed by atoms with Crippen LogP contribution in [0.1, 0.15) is 23.0 Å². The van der Waals surface area contributed by atoms with Gasteiger partial charge in [0, 0.05) is 5.56 Å². The van der Waals surface area contributed by atoms with E-state index in [4.69, 9.17) is 0 Å². The van der Waals surface area contributed by atoms with Gasteiger partial charge in [0.2, 0.25) is 5.88 Å². The van der Waals surface area contributed by atoms with Gasteiger partial charge in [-0.25, -0.2) is 14.2 Å². The van der Waals surface area contributed by atoms with Crippen LogP contribution in [0.5, 0.6) is 5.88 Å². The highest BCUT2D eigenvalue weighted by Crippen LogP contribution is 2.29. The van der Waals surface area contributed by atoms with Crippen molar-refractivity contribution in [1.29, 1.82) is 0 Å². The van der Waals surface area contributed by atoms with E-state index in [0.29, 0.717) is 0 Å². The third-order valence-electron chi connectivity index (χ3n) is 1.84. The number of ether oxygens (including phenoxy) is 2. The number of halogens is 5. The maximum Gasteiger partial charge on any atom is 0.574 e. The van der Waals surface area contributed by atoms with E-state index in [1.807, 2.05) is 0 Å². The van der Waals surface area contributed by atoms with Crippen molar-refractivity contribution < 1.29 is 31.8 Å². The molecule has 0 fully saturated rings. The lowest BCUT2D eigenvalue weighted by Gasteiger charge is -2.12. The van der Waals surface area contributed by atoms with Gasteiger partial charge in [0.1, 0.15) is 6.67 Å². The third kappa shape index (κ3) is 4.48. The monoisotopic (exact) mass is 393 g/mol. The number of hydrogen-bond acceptors (Lipinski definition) is 4. The Labute approximate surface area is 119 Å². The molecular weight excluding hydrogens is 385 g/mol. The highest BCUT2D eigenvalue weighted by atomic mass is 127. The molecular formula is C10H8F4INO3. The molecule has 1 heterocycles. The molecule has 9 heteroatoms. The first-order valence-corrected chi connectivity index (χ1v) is 6.04. The van der Waals surface area contributed by atoms with E-state index in [2.05, 4.69) is 14.5 Å². The smallest absolute Gasteiger partial charge is 0.461 e. The van der Waals surface area contributed by atoms with Crippen LogP contribution in [0, 0.1) is 3.57 Å². The minimum Gasteiger partial charge on any atom is -0.461 e. The van der Waals surface area contributed by atoms with Gasteiger partial charge >= 0.3 is 12.3 Å². The molecule has 4 nitrogen and oxygen atoms in total. The molecule has 0 spiro atoms. The van der Waals surface area contributed by atoms with Crippen molar-refractivity contribution >= 4 is 28.6 Å². The summed E-state index contributed by atoms with van der Waals surface area (Å²) in [5, 5.41) is 0. The summed E-state index contributed by atoms with van der Waals surface area (Å²) in [6, 6.07) is 1.03. The quantitative estimate of drug-likeness (QED) is 0.448. The van der Waals surface area contributed by atoms with E-state index in [0.717, 1.165) is 6.07 Å². The summed E-state index contributed by atoms with van der Waals surface area (Å²) in [5.74, 6) is -1.81. The Balaban J connectivity index is 3.22. The maximum absolute atomic E-state index is 12.7. The van der Waals surface area contributed by atoms with Crippen LogP contribution in [0.25, 0.3) is 0 Å². The van der Waals surface area contributed by atoms with E-state index in [-0.39, 0.29) is 15.7 Å². The Morgan fingerprint density at radius 2 is 2.11 bits per heavy atom. The number of pyridine rings is 1. The zero-order chi connectivity index (χ0) is 14.6. The van der Waals surface area contributed by atoms with Crippen LogP contribution < -0.4 is 4.74 Å². The SMILES string of the molecule is CCOC(=O)c1cc(CF)c(I)c(OC(F)(F)F)n1. The molecule has 0 aliphatic rings. The molecule has 0 unspecified atom stereocenters. The van der Waals surface area contributed by atoms with E-state index >= 15 is 0 Å². The van der Waals surface area contributed by atoms with Gasteiger partial charge in [0.15, 0.2) is 5.69 Å². The van der Waals surface area contributed by atoms with Crippen LogP contribution in [0.15, 0.2) is 6.07 Å². The van der Waals surface area contributed by atoms with Gasteiger partial charge in [0.05, 0.1) is 10.2 Å². The Hall–Kier alpha value is -1.13. The number of rotatable bonds is 4. The van der Waals surface area contributed by atoms with Crippen molar-refractivity contribution in [3.8, 4) is 5.88 Å². The summed E-state index contributed by atoms with van der Waals surface area (Å²) in [4.78, 5) is 14.8. The average molecular weight is 393 g/mol. The summed E-state index contributed by atoms with van der Waals surface area (Å²) < 4.78 is 57.3. The number of carbonyl (C=O) groups is 1. The van der Waals surface area contributed by atoms with Gasteiger partial charge in [-0.15, -0.1) is 13.2 Å². The second-order valence-electron chi connectivity index (χ2n) is 3.19. The minimum absolute atomic E-state index is 0.0208. The van der Waals surface area contributed by atoms with Gasteiger partial charge in [-0.1, -0.05) is 0 Å². The number of hydrogen-bond donors (Lipinski definition) is 0. The lowest BCUT2D eigenvalue weighted by molar-refractivity contribution is -0.276. The predicted octanol–water partition coefficient (Wildman–Crippen LogP) is 3.23. The zero-order valence-electron chi connectivity index (χ0n) is 9.55. The van der Waals surface area contributed by atoms with Gasteiger partial charge in [-0.05, 0) is 35.6 Å². The second kappa shape index (κ2) is 6.35. The van der Waals surface area contributed by atoms with E-state index < -0.39 is 30.6 Å². The predicted molar refractivity (Wildman–Crippen MR) is 64.4 cm³/mol. The standard InChI is InChI=1S/C10H8F4INO3/c1-2-18-9(17)6-3-5(4-11)7(15)8(16-6)19-10(12,13)14/h3H,2,4H2,1H3. The first-order chi connectivity index (χ1) is 8.78. The van der Waals surface area contributed by atoms with Crippen molar-refractivity contribution in [2.24, 2.45) is 0 Å². The van der Waals surface area contributed by atoms with E-state index in [1.165, 1.54) is 29.5 Å². The minimum atomic E-state index is -4.98. The molecule has 19 heavy (non-hydrogen) atoms. The van der Waals surface area contributed by atoms with Gasteiger partial charge < -0.3 is 9.47 Å². The van der Waals surface area contributed by atoms with Crippen LogP contribution in [0.4, 0.5) is 17.6 Å². The molecule has 0 N–H and O–H groups in total. The van der Waals surface area contributed by atoms with Crippen molar-refractivity contribution in [3.05, 3.63) is 20.9 Å².